The van der Waals surface area contributed by atoms with Gasteiger partial charge >= 0.3 is 0 Å². The smallest absolute Gasteiger partial charge is 0.247 e. The lowest BCUT2D eigenvalue weighted by atomic mass is 9.85. The van der Waals surface area contributed by atoms with E-state index in [2.05, 4.69) is 37.9 Å². The first-order chi connectivity index (χ1) is 26.8. The Hall–Kier alpha value is -5.27. The molecule has 3 saturated heterocycles. The zero-order valence-electron chi connectivity index (χ0n) is 31.0. The second kappa shape index (κ2) is 17.5. The van der Waals surface area contributed by atoms with Crippen molar-refractivity contribution in [3.05, 3.63) is 120 Å². The molecule has 0 aliphatic carbocycles. The SMILES string of the molecule is Nc1ccccc1NC(=O)CCCCC(=O)Nc1cccc([C@H]2O[C@@H](CN3CCC4(CC3)C(=O)NCN4c3ccccc3)C[C@@H](c3ccc(CO)cc3)O2)c1. The Labute approximate surface area is 322 Å². The van der Waals surface area contributed by atoms with Gasteiger partial charge in [-0.05, 0) is 73.2 Å². The second-order valence-electron chi connectivity index (χ2n) is 14.6. The molecule has 3 amide bonds. The predicted molar refractivity (Wildman–Crippen MR) is 212 cm³/mol. The highest BCUT2D eigenvalue weighted by molar-refractivity contribution is 5.94. The number of para-hydroxylation sites is 3. The third-order valence-electron chi connectivity index (χ3n) is 10.9. The number of nitrogen functional groups attached to an aromatic ring is 1. The molecule has 0 unspecified atom stereocenters. The molecule has 0 saturated carbocycles. The number of carbonyl (C=O) groups is 3. The zero-order chi connectivity index (χ0) is 38.2. The number of aliphatic hydroxyl groups is 1. The first-order valence-electron chi connectivity index (χ1n) is 19.2. The summed E-state index contributed by atoms with van der Waals surface area (Å²) in [5.74, 6) is -0.187. The number of carbonyl (C=O) groups excluding carboxylic acids is 3. The fourth-order valence-corrected chi connectivity index (χ4v) is 7.84. The molecule has 6 N–H and O–H groups in total. The van der Waals surface area contributed by atoms with Crippen molar-refractivity contribution in [2.45, 2.75) is 75.6 Å². The standard InChI is InChI=1S/C43H50N6O6/c44-36-13-4-5-14-37(36)47-40(52)16-7-6-15-39(51)46-33-10-8-9-32(25-33)41-54-35(26-38(55-41)31-19-17-30(28-50)18-20-31)27-48-23-21-43(22-24-48)42(53)45-29-49(43)34-11-2-1-3-12-34/h1-5,8-14,17-20,25,35,38,41,50H,6-7,15-16,21-24,26-29,44H2,(H,45,53)(H,46,51)(H,47,52)/t35-,38+,41+/m1/s1. The third-order valence-corrected chi connectivity index (χ3v) is 10.9. The molecule has 4 aromatic rings. The van der Waals surface area contributed by atoms with E-state index in [9.17, 15) is 19.5 Å². The van der Waals surface area contributed by atoms with Crippen molar-refractivity contribution in [3.63, 3.8) is 0 Å². The topological polar surface area (TPSA) is 158 Å². The van der Waals surface area contributed by atoms with Crippen LogP contribution in [0.1, 0.15) is 74.0 Å². The van der Waals surface area contributed by atoms with Crippen molar-refractivity contribution in [1.82, 2.24) is 10.2 Å². The monoisotopic (exact) mass is 746 g/mol. The normalized spacial score (nSPS) is 20.9. The van der Waals surface area contributed by atoms with Crippen LogP contribution in [0.3, 0.4) is 0 Å². The molecule has 3 atom stereocenters. The lowest BCUT2D eigenvalue weighted by Gasteiger charge is -2.45. The van der Waals surface area contributed by atoms with Crippen molar-refractivity contribution >= 4 is 40.5 Å². The van der Waals surface area contributed by atoms with Crippen LogP contribution in [-0.4, -0.2) is 65.7 Å². The molecule has 55 heavy (non-hydrogen) atoms. The number of nitrogens with zero attached hydrogens (tertiary/aromatic N) is 2. The summed E-state index contributed by atoms with van der Waals surface area (Å²) in [5, 5.41) is 18.5. The molecular formula is C43H50N6O6. The molecule has 4 aromatic carbocycles. The van der Waals surface area contributed by atoms with Crippen molar-refractivity contribution in [2.75, 3.05) is 47.6 Å². The number of anilines is 4. The maximum Gasteiger partial charge on any atom is 0.247 e. The summed E-state index contributed by atoms with van der Waals surface area (Å²) in [7, 11) is 0. The van der Waals surface area contributed by atoms with E-state index in [0.717, 1.165) is 35.5 Å². The van der Waals surface area contributed by atoms with Gasteiger partial charge in [0.05, 0.1) is 36.9 Å². The van der Waals surface area contributed by atoms with Crippen molar-refractivity contribution in [2.24, 2.45) is 0 Å². The van der Waals surface area contributed by atoms with E-state index in [1.54, 1.807) is 12.1 Å². The molecule has 0 bridgehead atoms. The number of aliphatic hydroxyl groups excluding tert-OH is 1. The largest absolute Gasteiger partial charge is 0.397 e. The second-order valence-corrected chi connectivity index (χ2v) is 14.6. The molecule has 12 nitrogen and oxygen atoms in total. The molecule has 3 fully saturated rings. The Bertz CT molecular complexity index is 1930. The average Bonchev–Trinajstić information content (AvgIpc) is 3.52. The molecular weight excluding hydrogens is 697 g/mol. The summed E-state index contributed by atoms with van der Waals surface area (Å²) in [5.41, 5.74) is 10.8. The number of hydrogen-bond donors (Lipinski definition) is 5. The number of nitrogens with two attached hydrogens (primary N) is 1. The molecule has 3 aliphatic rings. The van der Waals surface area contributed by atoms with E-state index < -0.39 is 11.8 Å². The van der Waals surface area contributed by atoms with Crippen LogP contribution < -0.4 is 26.6 Å². The van der Waals surface area contributed by atoms with Crippen LogP contribution in [0, 0.1) is 0 Å². The van der Waals surface area contributed by atoms with Gasteiger partial charge in [0, 0.05) is 55.8 Å². The van der Waals surface area contributed by atoms with E-state index >= 15 is 0 Å². The molecule has 12 heteroatoms. The summed E-state index contributed by atoms with van der Waals surface area (Å²) < 4.78 is 13.3. The Morgan fingerprint density at radius 1 is 0.836 bits per heavy atom. The van der Waals surface area contributed by atoms with Crippen LogP contribution in [0.15, 0.2) is 103 Å². The van der Waals surface area contributed by atoms with Crippen LogP contribution in [0.4, 0.5) is 22.7 Å². The summed E-state index contributed by atoms with van der Waals surface area (Å²) in [6, 6.07) is 32.6. The summed E-state index contributed by atoms with van der Waals surface area (Å²) in [6.07, 6.45) is 2.66. The average molecular weight is 747 g/mol. The number of nitrogens with one attached hydrogen (secondary N) is 3. The van der Waals surface area contributed by atoms with Gasteiger partial charge < -0.3 is 46.1 Å². The molecule has 288 valence electrons. The molecule has 1 spiro atoms. The summed E-state index contributed by atoms with van der Waals surface area (Å²) in [4.78, 5) is 43.1. The maximum atomic E-state index is 13.3. The highest BCUT2D eigenvalue weighted by Gasteiger charge is 2.50. The fourth-order valence-electron chi connectivity index (χ4n) is 7.84. The number of likely N-dealkylation sites (tertiary alicyclic amines) is 1. The number of rotatable bonds is 13. The van der Waals surface area contributed by atoms with Crippen molar-refractivity contribution in [3.8, 4) is 0 Å². The van der Waals surface area contributed by atoms with E-state index in [4.69, 9.17) is 15.2 Å². The minimum Gasteiger partial charge on any atom is -0.397 e. The maximum absolute atomic E-state index is 13.3. The van der Waals surface area contributed by atoms with Gasteiger partial charge in [-0.2, -0.15) is 0 Å². The predicted octanol–water partition coefficient (Wildman–Crippen LogP) is 5.87. The highest BCUT2D eigenvalue weighted by Crippen LogP contribution is 2.40. The van der Waals surface area contributed by atoms with Crippen molar-refractivity contribution in [1.29, 1.82) is 0 Å². The Morgan fingerprint density at radius 3 is 2.27 bits per heavy atom. The summed E-state index contributed by atoms with van der Waals surface area (Å²) in [6.45, 7) is 2.67. The van der Waals surface area contributed by atoms with Gasteiger partial charge in [0.15, 0.2) is 6.29 Å². The lowest BCUT2D eigenvalue weighted by molar-refractivity contribution is -0.253. The Morgan fingerprint density at radius 2 is 1.55 bits per heavy atom. The van der Waals surface area contributed by atoms with E-state index in [1.807, 2.05) is 78.9 Å². The molecule has 7 rings (SSSR count). The van der Waals surface area contributed by atoms with Crippen molar-refractivity contribution < 1.29 is 29.0 Å². The molecule has 3 heterocycles. The van der Waals surface area contributed by atoms with Crippen LogP contribution in [0.25, 0.3) is 0 Å². The van der Waals surface area contributed by atoms with Gasteiger partial charge in [0.1, 0.15) is 5.54 Å². The third kappa shape index (κ3) is 9.17. The van der Waals surface area contributed by atoms with Crippen LogP contribution in [0.5, 0.6) is 0 Å². The molecule has 0 aromatic heterocycles. The number of piperidine rings is 1. The quantitative estimate of drug-likeness (QED) is 0.0834. The number of ether oxygens (including phenoxy) is 2. The molecule has 0 radical (unpaired) electrons. The number of benzene rings is 4. The zero-order valence-corrected chi connectivity index (χ0v) is 31.0. The van der Waals surface area contributed by atoms with Crippen LogP contribution >= 0.6 is 0 Å². The molecule has 3 aliphatic heterocycles. The lowest BCUT2D eigenvalue weighted by Crippen LogP contribution is -2.57. The van der Waals surface area contributed by atoms with E-state index in [-0.39, 0.29) is 49.4 Å². The Kier molecular flexibility index (Phi) is 12.1. The Balaban J connectivity index is 0.969. The van der Waals surface area contributed by atoms with Gasteiger partial charge in [-0.3, -0.25) is 14.4 Å². The van der Waals surface area contributed by atoms with Crippen LogP contribution in [0.2, 0.25) is 0 Å². The number of amides is 3. The van der Waals surface area contributed by atoms with Gasteiger partial charge in [-0.1, -0.05) is 66.7 Å². The van der Waals surface area contributed by atoms with Gasteiger partial charge in [-0.25, -0.2) is 0 Å². The minimum atomic E-state index is -0.680. The highest BCUT2D eigenvalue weighted by atomic mass is 16.7. The van der Waals surface area contributed by atoms with Gasteiger partial charge in [-0.15, -0.1) is 0 Å². The fraction of sp³-hybridized carbons (Fsp3) is 0.372. The number of hydrogen-bond acceptors (Lipinski definition) is 9. The number of unbranched alkanes of at least 4 members (excludes halogenated alkanes) is 1. The van der Waals surface area contributed by atoms with E-state index in [1.165, 1.54) is 0 Å². The van der Waals surface area contributed by atoms with Crippen LogP contribution in [-0.2, 0) is 30.5 Å². The summed E-state index contributed by atoms with van der Waals surface area (Å²) >= 11 is 0. The first-order valence-corrected chi connectivity index (χ1v) is 19.2. The van der Waals surface area contributed by atoms with E-state index in [0.29, 0.717) is 62.4 Å². The van der Waals surface area contributed by atoms with Gasteiger partial charge in [0.2, 0.25) is 17.7 Å². The minimum absolute atomic E-state index is 0.0337. The first kappa shape index (κ1) is 38.0. The van der Waals surface area contributed by atoms with Gasteiger partial charge in [0.25, 0.3) is 0 Å².